The van der Waals surface area contributed by atoms with Crippen molar-refractivity contribution < 1.29 is 9.84 Å². The molecule has 1 aliphatic carbocycles. The lowest BCUT2D eigenvalue weighted by Gasteiger charge is -2.48. The highest BCUT2D eigenvalue weighted by Gasteiger charge is 2.44. The molecule has 0 heterocycles. The van der Waals surface area contributed by atoms with Crippen LogP contribution in [0.15, 0.2) is 0 Å². The fourth-order valence-electron chi connectivity index (χ4n) is 4.68. The van der Waals surface area contributed by atoms with Crippen LogP contribution in [0.3, 0.4) is 0 Å². The molecule has 1 fully saturated rings. The molecule has 0 amide bonds. The van der Waals surface area contributed by atoms with Gasteiger partial charge in [0.15, 0.2) is 0 Å². The Morgan fingerprint density at radius 1 is 1.12 bits per heavy atom. The molecule has 0 aromatic carbocycles. The molecule has 1 unspecified atom stereocenters. The van der Waals surface area contributed by atoms with Gasteiger partial charge in [0.25, 0.3) is 0 Å². The molecular formula is C21H43NO2. The van der Waals surface area contributed by atoms with E-state index in [1.807, 2.05) is 7.11 Å². The molecule has 3 nitrogen and oxygen atoms in total. The molecule has 0 bridgehead atoms. The fourth-order valence-corrected chi connectivity index (χ4v) is 4.68. The number of aliphatic hydroxyl groups is 1. The first-order valence-electron chi connectivity index (χ1n) is 10.4. The first kappa shape index (κ1) is 21.9. The Morgan fingerprint density at radius 2 is 1.75 bits per heavy atom. The smallest absolute Gasteiger partial charge is 0.0666 e. The summed E-state index contributed by atoms with van der Waals surface area (Å²) in [5.74, 6) is 1.12. The molecule has 144 valence electrons. The van der Waals surface area contributed by atoms with E-state index >= 15 is 0 Å². The van der Waals surface area contributed by atoms with Crippen LogP contribution < -0.4 is 5.73 Å². The van der Waals surface area contributed by atoms with E-state index < -0.39 is 6.10 Å². The third-order valence-electron chi connectivity index (χ3n) is 6.17. The lowest BCUT2D eigenvalue weighted by Crippen LogP contribution is -2.47. The minimum atomic E-state index is -0.391. The third kappa shape index (κ3) is 7.01. The Balaban J connectivity index is 2.50. The van der Waals surface area contributed by atoms with Gasteiger partial charge in [-0.15, -0.1) is 0 Å². The van der Waals surface area contributed by atoms with E-state index in [0.29, 0.717) is 18.4 Å². The molecule has 0 saturated heterocycles. The molecule has 0 radical (unpaired) electrons. The first-order chi connectivity index (χ1) is 11.5. The third-order valence-corrected chi connectivity index (χ3v) is 6.17. The van der Waals surface area contributed by atoms with Crippen molar-refractivity contribution in [1.29, 1.82) is 0 Å². The van der Waals surface area contributed by atoms with Crippen LogP contribution in [-0.2, 0) is 4.74 Å². The Morgan fingerprint density at radius 3 is 2.33 bits per heavy atom. The number of ether oxygens (including phenoxy) is 1. The van der Waals surface area contributed by atoms with Gasteiger partial charge in [0.1, 0.15) is 0 Å². The standard InChI is InChI=1S/C21H43NO2/c1-5-6-7-8-9-10-11-12-17-13-14-21(2,3)20(24-4)19(17)15-18(23)16-22/h17-20,23H,5-16,22H2,1-4H3/t17-,18?,19-,20-/m1/s1. The van der Waals surface area contributed by atoms with Crippen molar-refractivity contribution in [2.75, 3.05) is 13.7 Å². The topological polar surface area (TPSA) is 55.5 Å². The van der Waals surface area contributed by atoms with Gasteiger partial charge in [-0.1, -0.05) is 72.1 Å². The van der Waals surface area contributed by atoms with Gasteiger partial charge in [-0.2, -0.15) is 0 Å². The largest absolute Gasteiger partial charge is 0.392 e. The highest BCUT2D eigenvalue weighted by atomic mass is 16.5. The number of hydrogen-bond donors (Lipinski definition) is 2. The molecule has 0 aromatic rings. The molecule has 0 aliphatic heterocycles. The van der Waals surface area contributed by atoms with Crippen LogP contribution in [0.2, 0.25) is 0 Å². The first-order valence-corrected chi connectivity index (χ1v) is 10.4. The number of aliphatic hydroxyl groups excluding tert-OH is 1. The molecule has 3 heteroatoms. The number of rotatable bonds is 12. The van der Waals surface area contributed by atoms with Crippen molar-refractivity contribution in [3.63, 3.8) is 0 Å². The second-order valence-electron chi connectivity index (χ2n) is 8.64. The molecular weight excluding hydrogens is 298 g/mol. The van der Waals surface area contributed by atoms with Gasteiger partial charge in [0.2, 0.25) is 0 Å². The summed E-state index contributed by atoms with van der Waals surface area (Å²) in [4.78, 5) is 0. The minimum absolute atomic E-state index is 0.199. The van der Waals surface area contributed by atoms with E-state index in [2.05, 4.69) is 20.8 Å². The SMILES string of the molecule is CCCCCCCCC[C@@H]1CCC(C)(C)[C@H](OC)[C@@H]1CC(O)CN. The number of methoxy groups -OCH3 is 1. The molecule has 1 rings (SSSR count). The molecule has 1 saturated carbocycles. The molecule has 3 N–H and O–H groups in total. The molecule has 1 aliphatic rings. The Kier molecular flexibility index (Phi) is 10.5. The van der Waals surface area contributed by atoms with Crippen LogP contribution >= 0.6 is 0 Å². The summed E-state index contributed by atoms with van der Waals surface area (Å²) in [6.45, 7) is 7.25. The zero-order valence-corrected chi connectivity index (χ0v) is 16.7. The maximum atomic E-state index is 10.1. The van der Waals surface area contributed by atoms with Crippen molar-refractivity contribution in [1.82, 2.24) is 0 Å². The van der Waals surface area contributed by atoms with Crippen molar-refractivity contribution in [3.8, 4) is 0 Å². The lowest BCUT2D eigenvalue weighted by atomic mass is 9.62. The zero-order valence-electron chi connectivity index (χ0n) is 16.7. The van der Waals surface area contributed by atoms with Gasteiger partial charge in [-0.05, 0) is 36.5 Å². The van der Waals surface area contributed by atoms with Crippen molar-refractivity contribution in [3.05, 3.63) is 0 Å². The van der Waals surface area contributed by atoms with Gasteiger partial charge < -0.3 is 15.6 Å². The number of unbranched alkanes of at least 4 members (excludes halogenated alkanes) is 6. The van der Waals surface area contributed by atoms with Crippen LogP contribution in [0, 0.1) is 17.3 Å². The van der Waals surface area contributed by atoms with E-state index in [-0.39, 0.29) is 11.5 Å². The summed E-state index contributed by atoms with van der Waals surface area (Å²) in [5.41, 5.74) is 5.88. The average molecular weight is 342 g/mol. The van der Waals surface area contributed by atoms with Crippen LogP contribution in [0.1, 0.15) is 91.4 Å². The Hall–Kier alpha value is -0.120. The maximum Gasteiger partial charge on any atom is 0.0666 e. The summed E-state index contributed by atoms with van der Waals surface area (Å²) < 4.78 is 5.91. The fraction of sp³-hybridized carbons (Fsp3) is 1.00. The highest BCUT2D eigenvalue weighted by molar-refractivity contribution is 4.94. The predicted octanol–water partition coefficient (Wildman–Crippen LogP) is 4.90. The summed E-state index contributed by atoms with van der Waals surface area (Å²) in [6.07, 6.45) is 14.0. The monoisotopic (exact) mass is 341 g/mol. The van der Waals surface area contributed by atoms with Crippen LogP contribution in [0.5, 0.6) is 0 Å². The van der Waals surface area contributed by atoms with Crippen LogP contribution in [0.25, 0.3) is 0 Å². The molecule has 0 aromatic heterocycles. The highest BCUT2D eigenvalue weighted by Crippen LogP contribution is 2.47. The summed E-state index contributed by atoms with van der Waals surface area (Å²) >= 11 is 0. The van der Waals surface area contributed by atoms with E-state index in [1.165, 1.54) is 64.2 Å². The van der Waals surface area contributed by atoms with Crippen LogP contribution in [-0.4, -0.2) is 31.0 Å². The summed E-state index contributed by atoms with van der Waals surface area (Å²) in [7, 11) is 1.84. The molecule has 24 heavy (non-hydrogen) atoms. The number of nitrogens with two attached hydrogens (primary N) is 1. The van der Waals surface area contributed by atoms with Gasteiger partial charge in [-0.25, -0.2) is 0 Å². The van der Waals surface area contributed by atoms with E-state index in [0.717, 1.165) is 6.42 Å². The van der Waals surface area contributed by atoms with Crippen LogP contribution in [0.4, 0.5) is 0 Å². The second kappa shape index (κ2) is 11.5. The van der Waals surface area contributed by atoms with Gasteiger partial charge in [0.05, 0.1) is 12.2 Å². The molecule has 0 spiro atoms. The maximum absolute atomic E-state index is 10.1. The van der Waals surface area contributed by atoms with Gasteiger partial charge >= 0.3 is 0 Å². The average Bonchev–Trinajstić information content (AvgIpc) is 2.55. The minimum Gasteiger partial charge on any atom is -0.392 e. The summed E-state index contributed by atoms with van der Waals surface area (Å²) in [6, 6.07) is 0. The van der Waals surface area contributed by atoms with Gasteiger partial charge in [-0.3, -0.25) is 0 Å². The van der Waals surface area contributed by atoms with E-state index in [1.54, 1.807) is 0 Å². The van der Waals surface area contributed by atoms with Crippen molar-refractivity contribution >= 4 is 0 Å². The quantitative estimate of drug-likeness (QED) is 0.496. The second-order valence-corrected chi connectivity index (χ2v) is 8.64. The normalized spacial score (nSPS) is 28.0. The lowest BCUT2D eigenvalue weighted by molar-refractivity contribution is -0.0984. The van der Waals surface area contributed by atoms with Crippen molar-refractivity contribution in [2.45, 2.75) is 104 Å². The Bertz CT molecular complexity index is 319. The zero-order chi connectivity index (χ0) is 18.0. The van der Waals surface area contributed by atoms with Crippen molar-refractivity contribution in [2.24, 2.45) is 23.0 Å². The van der Waals surface area contributed by atoms with E-state index in [4.69, 9.17) is 10.5 Å². The predicted molar refractivity (Wildman–Crippen MR) is 103 cm³/mol. The summed E-state index contributed by atoms with van der Waals surface area (Å²) in [5, 5.41) is 10.1. The number of hydrogen-bond acceptors (Lipinski definition) is 3. The molecule has 4 atom stereocenters. The van der Waals surface area contributed by atoms with Gasteiger partial charge in [0, 0.05) is 13.7 Å². The Labute approximate surface area is 150 Å². The van der Waals surface area contributed by atoms with E-state index in [9.17, 15) is 5.11 Å².